The van der Waals surface area contributed by atoms with Crippen molar-refractivity contribution < 1.29 is 24.9 Å². The maximum absolute atomic E-state index is 12.9. The molecule has 0 aromatic heterocycles. The number of amides is 1. The highest BCUT2D eigenvalue weighted by Crippen LogP contribution is 2.42. The third-order valence-corrected chi connectivity index (χ3v) is 4.81. The molecule has 1 heterocycles. The largest absolute Gasteiger partial charge is 0.508 e. The van der Waals surface area contributed by atoms with Gasteiger partial charge in [-0.3, -0.25) is 14.5 Å². The number of carbonyl (C=O) groups is 2. The van der Waals surface area contributed by atoms with E-state index < -0.39 is 17.7 Å². The number of Topliss-reactive ketones (excluding diaryl/α,β-unsaturated/α-hetero) is 1. The van der Waals surface area contributed by atoms with Crippen LogP contribution in [0.5, 0.6) is 11.5 Å². The summed E-state index contributed by atoms with van der Waals surface area (Å²) in [6.07, 6.45) is 0. The zero-order chi connectivity index (χ0) is 20.5. The first-order valence-electron chi connectivity index (χ1n) is 8.92. The second kappa shape index (κ2) is 7.16. The molecule has 3 N–H and O–H groups in total. The van der Waals surface area contributed by atoms with Crippen molar-refractivity contribution in [2.75, 3.05) is 4.90 Å². The molecule has 3 aromatic rings. The Hall–Kier alpha value is -4.06. The second-order valence-electron chi connectivity index (χ2n) is 6.65. The first-order chi connectivity index (χ1) is 14.0. The number of phenolic OH excluding ortho intramolecular Hbond substituents is 2. The smallest absolute Gasteiger partial charge is 0.300 e. The number of ketones is 1. The molecule has 0 bridgehead atoms. The molecule has 6 nitrogen and oxygen atoms in total. The number of phenols is 2. The van der Waals surface area contributed by atoms with Gasteiger partial charge >= 0.3 is 0 Å². The monoisotopic (exact) mass is 387 g/mol. The van der Waals surface area contributed by atoms with Gasteiger partial charge in [-0.2, -0.15) is 0 Å². The molecule has 29 heavy (non-hydrogen) atoms. The molecule has 1 fully saturated rings. The van der Waals surface area contributed by atoms with E-state index in [9.17, 15) is 24.9 Å². The highest BCUT2D eigenvalue weighted by atomic mass is 16.3. The van der Waals surface area contributed by atoms with Crippen molar-refractivity contribution >= 4 is 23.1 Å². The zero-order valence-corrected chi connectivity index (χ0v) is 15.2. The Labute approximate surface area is 166 Å². The van der Waals surface area contributed by atoms with E-state index in [-0.39, 0.29) is 22.8 Å². The van der Waals surface area contributed by atoms with E-state index in [2.05, 4.69) is 0 Å². The summed E-state index contributed by atoms with van der Waals surface area (Å²) in [7, 11) is 0. The van der Waals surface area contributed by atoms with Crippen LogP contribution in [-0.4, -0.2) is 27.0 Å². The Kier molecular flexibility index (Phi) is 4.52. The van der Waals surface area contributed by atoms with E-state index in [0.717, 1.165) is 0 Å². The normalized spacial score (nSPS) is 18.2. The molecule has 1 atom stereocenters. The van der Waals surface area contributed by atoms with E-state index in [1.807, 2.05) is 0 Å². The van der Waals surface area contributed by atoms with Crippen LogP contribution in [0.25, 0.3) is 5.76 Å². The third kappa shape index (κ3) is 3.21. The molecule has 6 heteroatoms. The van der Waals surface area contributed by atoms with Gasteiger partial charge < -0.3 is 15.3 Å². The Bertz CT molecular complexity index is 1120. The molecule has 4 rings (SSSR count). The maximum Gasteiger partial charge on any atom is 0.300 e. The van der Waals surface area contributed by atoms with Gasteiger partial charge in [0.15, 0.2) is 0 Å². The number of nitrogens with zero attached hydrogens (tertiary/aromatic N) is 1. The van der Waals surface area contributed by atoms with E-state index in [1.165, 1.54) is 41.3 Å². The van der Waals surface area contributed by atoms with Crippen LogP contribution in [0.3, 0.4) is 0 Å². The average molecular weight is 387 g/mol. The van der Waals surface area contributed by atoms with Crippen LogP contribution in [-0.2, 0) is 9.59 Å². The standard InChI is InChI=1S/C23H17NO5/c25-17-11-9-16(10-12-17)24-20(15-7-4-8-18(26)13-15)19(22(28)23(24)29)21(27)14-5-2-1-3-6-14/h1-13,20,25-27H/t20-/m0/s1. The quantitative estimate of drug-likeness (QED) is 0.361. The predicted molar refractivity (Wildman–Crippen MR) is 107 cm³/mol. The molecule has 0 unspecified atom stereocenters. The summed E-state index contributed by atoms with van der Waals surface area (Å²) >= 11 is 0. The minimum absolute atomic E-state index is 0.0172. The third-order valence-electron chi connectivity index (χ3n) is 4.81. The maximum atomic E-state index is 12.9. The van der Waals surface area contributed by atoms with Crippen molar-refractivity contribution in [1.29, 1.82) is 0 Å². The van der Waals surface area contributed by atoms with E-state index in [4.69, 9.17) is 0 Å². The number of rotatable bonds is 3. The lowest BCUT2D eigenvalue weighted by Crippen LogP contribution is -2.29. The lowest BCUT2D eigenvalue weighted by molar-refractivity contribution is -0.132. The number of hydrogen-bond acceptors (Lipinski definition) is 5. The Morgan fingerprint density at radius 1 is 0.793 bits per heavy atom. The van der Waals surface area contributed by atoms with Crippen molar-refractivity contribution in [2.24, 2.45) is 0 Å². The van der Waals surface area contributed by atoms with Crippen LogP contribution in [0.1, 0.15) is 17.2 Å². The fourth-order valence-corrected chi connectivity index (χ4v) is 3.47. The van der Waals surface area contributed by atoms with E-state index in [1.54, 1.807) is 42.5 Å². The zero-order valence-electron chi connectivity index (χ0n) is 15.2. The van der Waals surface area contributed by atoms with Crippen LogP contribution in [0.4, 0.5) is 5.69 Å². The highest BCUT2D eigenvalue weighted by Gasteiger charge is 2.47. The van der Waals surface area contributed by atoms with Gasteiger partial charge in [0, 0.05) is 11.3 Å². The second-order valence-corrected chi connectivity index (χ2v) is 6.65. The molecule has 1 amide bonds. The lowest BCUT2D eigenvalue weighted by atomic mass is 9.95. The lowest BCUT2D eigenvalue weighted by Gasteiger charge is -2.25. The number of aromatic hydroxyl groups is 2. The van der Waals surface area contributed by atoms with E-state index >= 15 is 0 Å². The van der Waals surface area contributed by atoms with Crippen LogP contribution in [0, 0.1) is 0 Å². The summed E-state index contributed by atoms with van der Waals surface area (Å²) < 4.78 is 0. The summed E-state index contributed by atoms with van der Waals surface area (Å²) in [6, 6.07) is 19.6. The first kappa shape index (κ1) is 18.3. The SMILES string of the molecule is O=C1C(=O)N(c2ccc(O)cc2)[C@@H](c2cccc(O)c2)C1=C(O)c1ccccc1. The summed E-state index contributed by atoms with van der Waals surface area (Å²) in [5, 5.41) is 30.4. The summed E-state index contributed by atoms with van der Waals surface area (Å²) in [5.74, 6) is -1.94. The van der Waals surface area contributed by atoms with Gasteiger partial charge in [0.05, 0.1) is 11.6 Å². The molecule has 1 saturated heterocycles. The number of aliphatic hydroxyl groups is 1. The molecule has 0 spiro atoms. The fraction of sp³-hybridized carbons (Fsp3) is 0.0435. The topological polar surface area (TPSA) is 98.1 Å². The van der Waals surface area contributed by atoms with Crippen LogP contribution in [0.2, 0.25) is 0 Å². The number of benzene rings is 3. The Balaban J connectivity index is 1.96. The number of carbonyl (C=O) groups excluding carboxylic acids is 2. The highest BCUT2D eigenvalue weighted by molar-refractivity contribution is 6.51. The number of aliphatic hydroxyl groups excluding tert-OH is 1. The number of anilines is 1. The average Bonchev–Trinajstić information content (AvgIpc) is 3.00. The van der Waals surface area contributed by atoms with Gasteiger partial charge in [-0.1, -0.05) is 42.5 Å². The molecule has 0 saturated carbocycles. The molecule has 0 aliphatic carbocycles. The van der Waals surface area contributed by atoms with Crippen molar-refractivity contribution in [3.8, 4) is 11.5 Å². The Morgan fingerprint density at radius 3 is 2.14 bits per heavy atom. The van der Waals surface area contributed by atoms with Gasteiger partial charge in [-0.15, -0.1) is 0 Å². The minimum Gasteiger partial charge on any atom is -0.508 e. The summed E-state index contributed by atoms with van der Waals surface area (Å²) in [4.78, 5) is 27.1. The molecule has 144 valence electrons. The van der Waals surface area contributed by atoms with Crippen molar-refractivity contribution in [1.82, 2.24) is 0 Å². The Morgan fingerprint density at radius 2 is 1.48 bits per heavy atom. The van der Waals surface area contributed by atoms with Crippen LogP contribution < -0.4 is 4.90 Å². The van der Waals surface area contributed by atoms with Gasteiger partial charge in [-0.25, -0.2) is 0 Å². The molecule has 0 radical (unpaired) electrons. The van der Waals surface area contributed by atoms with Crippen LogP contribution in [0.15, 0.2) is 84.4 Å². The predicted octanol–water partition coefficient (Wildman–Crippen LogP) is 3.72. The van der Waals surface area contributed by atoms with Crippen molar-refractivity contribution in [2.45, 2.75) is 6.04 Å². The van der Waals surface area contributed by atoms with Gasteiger partial charge in [-0.05, 0) is 42.0 Å². The minimum atomic E-state index is -0.938. The van der Waals surface area contributed by atoms with Crippen LogP contribution >= 0.6 is 0 Å². The first-order valence-corrected chi connectivity index (χ1v) is 8.92. The fourth-order valence-electron chi connectivity index (χ4n) is 3.47. The summed E-state index contributed by atoms with van der Waals surface area (Å²) in [5.41, 5.74) is 1.18. The van der Waals surface area contributed by atoms with Crippen molar-refractivity contribution in [3.63, 3.8) is 0 Å². The van der Waals surface area contributed by atoms with Gasteiger partial charge in [0.25, 0.3) is 11.7 Å². The van der Waals surface area contributed by atoms with Gasteiger partial charge in [0.2, 0.25) is 0 Å². The number of hydrogen-bond donors (Lipinski definition) is 3. The van der Waals surface area contributed by atoms with E-state index in [0.29, 0.717) is 16.8 Å². The molecule has 1 aliphatic rings. The summed E-state index contributed by atoms with van der Waals surface area (Å²) in [6.45, 7) is 0. The van der Waals surface area contributed by atoms with Crippen molar-refractivity contribution in [3.05, 3.63) is 95.6 Å². The molecular weight excluding hydrogens is 370 g/mol. The molecule has 1 aliphatic heterocycles. The molecular formula is C23H17NO5. The van der Waals surface area contributed by atoms with Gasteiger partial charge in [0.1, 0.15) is 17.3 Å². The molecule has 3 aromatic carbocycles.